The lowest BCUT2D eigenvalue weighted by Crippen LogP contribution is -2.45. The molecule has 2 rings (SSSR count). The molecule has 0 spiro atoms. The fourth-order valence-electron chi connectivity index (χ4n) is 4.02. The Hall–Kier alpha value is -2.05. The standard InChI is InChI=1S/C29H43FO4Si/c1-21(2)33-28(32)13-11-9-8-10-12-24-25(19-16-22-14-17-23(30)18-15-22)27(20-26(24)31)34-35(6,7)29(3,4)5/h8,10,14-19,21,24-25,27H,9,11-13,20H2,1-7H3/t24-,25+,27-/m1/s1. The van der Waals surface area contributed by atoms with E-state index < -0.39 is 8.32 Å². The van der Waals surface area contributed by atoms with Crippen LogP contribution in [0.1, 0.15) is 72.3 Å². The number of ether oxygens (including phenoxy) is 1. The van der Waals surface area contributed by atoms with Gasteiger partial charge in [0.2, 0.25) is 0 Å². The van der Waals surface area contributed by atoms with Gasteiger partial charge in [0.15, 0.2) is 8.32 Å². The summed E-state index contributed by atoms with van der Waals surface area (Å²) in [7, 11) is -2.06. The Kier molecular flexibility index (Phi) is 10.6. The first kappa shape index (κ1) is 29.2. The van der Waals surface area contributed by atoms with E-state index in [2.05, 4.69) is 52.1 Å². The van der Waals surface area contributed by atoms with E-state index in [9.17, 15) is 14.0 Å². The van der Waals surface area contributed by atoms with Crippen LogP contribution in [0.3, 0.4) is 0 Å². The van der Waals surface area contributed by atoms with E-state index in [0.717, 1.165) is 18.4 Å². The van der Waals surface area contributed by atoms with Crippen molar-refractivity contribution in [2.24, 2.45) is 11.8 Å². The van der Waals surface area contributed by atoms with Gasteiger partial charge >= 0.3 is 5.97 Å². The van der Waals surface area contributed by atoms with Crippen LogP contribution >= 0.6 is 0 Å². The van der Waals surface area contributed by atoms with E-state index in [1.807, 2.05) is 19.9 Å². The Bertz CT molecular complexity index is 896. The molecular formula is C29H43FO4Si. The molecular weight excluding hydrogens is 459 g/mol. The van der Waals surface area contributed by atoms with E-state index in [0.29, 0.717) is 19.3 Å². The van der Waals surface area contributed by atoms with E-state index in [4.69, 9.17) is 9.16 Å². The number of benzene rings is 1. The van der Waals surface area contributed by atoms with Gasteiger partial charge in [-0.3, -0.25) is 9.59 Å². The van der Waals surface area contributed by atoms with E-state index in [1.165, 1.54) is 12.1 Å². The molecule has 6 heteroatoms. The maximum Gasteiger partial charge on any atom is 0.306 e. The third-order valence-corrected chi connectivity index (χ3v) is 11.5. The smallest absolute Gasteiger partial charge is 0.306 e. The average Bonchev–Trinajstić information content (AvgIpc) is 3.02. The number of Topliss-reactive ketones (excluding diaryl/α,β-unsaturated/α-hetero) is 1. The van der Waals surface area contributed by atoms with Gasteiger partial charge in [-0.25, -0.2) is 4.39 Å². The summed E-state index contributed by atoms with van der Waals surface area (Å²) in [5.41, 5.74) is 0.902. The Labute approximate surface area is 212 Å². The molecule has 1 aromatic carbocycles. The van der Waals surface area contributed by atoms with Crippen molar-refractivity contribution < 1.29 is 23.1 Å². The van der Waals surface area contributed by atoms with Gasteiger partial charge < -0.3 is 9.16 Å². The first-order valence-corrected chi connectivity index (χ1v) is 15.7. The summed E-state index contributed by atoms with van der Waals surface area (Å²) in [6.07, 6.45) is 10.9. The normalized spacial score (nSPS) is 21.5. The monoisotopic (exact) mass is 502 g/mol. The first-order chi connectivity index (χ1) is 16.3. The van der Waals surface area contributed by atoms with E-state index in [-0.39, 0.29) is 46.7 Å². The molecule has 1 aromatic rings. The van der Waals surface area contributed by atoms with Crippen molar-refractivity contribution in [3.63, 3.8) is 0 Å². The molecule has 0 N–H and O–H groups in total. The molecule has 1 aliphatic rings. The van der Waals surface area contributed by atoms with Gasteiger partial charge in [0, 0.05) is 24.7 Å². The summed E-state index contributed by atoms with van der Waals surface area (Å²) in [5, 5.41) is 0.0516. The second-order valence-electron chi connectivity index (χ2n) is 11.3. The highest BCUT2D eigenvalue weighted by Crippen LogP contribution is 2.43. The number of esters is 1. The Morgan fingerprint density at radius 2 is 1.83 bits per heavy atom. The Morgan fingerprint density at radius 1 is 1.17 bits per heavy atom. The van der Waals surface area contributed by atoms with Gasteiger partial charge in [0.25, 0.3) is 0 Å². The van der Waals surface area contributed by atoms with Crippen LogP contribution in [0, 0.1) is 17.7 Å². The predicted octanol–water partition coefficient (Wildman–Crippen LogP) is 7.50. The number of unbranched alkanes of at least 4 members (excludes halogenated alkanes) is 1. The fourth-order valence-corrected chi connectivity index (χ4v) is 5.38. The third kappa shape index (κ3) is 9.15. The molecule has 1 aliphatic carbocycles. The Balaban J connectivity index is 2.09. The average molecular weight is 503 g/mol. The predicted molar refractivity (Wildman–Crippen MR) is 143 cm³/mol. The summed E-state index contributed by atoms with van der Waals surface area (Å²) in [4.78, 5) is 24.7. The van der Waals surface area contributed by atoms with E-state index in [1.54, 1.807) is 12.1 Å². The zero-order chi connectivity index (χ0) is 26.2. The minimum Gasteiger partial charge on any atom is -0.463 e. The molecule has 0 radical (unpaired) electrons. The van der Waals surface area contributed by atoms with Crippen molar-refractivity contribution >= 4 is 26.1 Å². The zero-order valence-electron chi connectivity index (χ0n) is 22.5. The third-order valence-electron chi connectivity index (χ3n) is 7.02. The van der Waals surface area contributed by atoms with Crippen molar-refractivity contribution in [1.82, 2.24) is 0 Å². The van der Waals surface area contributed by atoms with E-state index >= 15 is 0 Å². The summed E-state index contributed by atoms with van der Waals surface area (Å²) < 4.78 is 25.2. The maximum atomic E-state index is 13.3. The lowest BCUT2D eigenvalue weighted by molar-refractivity contribution is -0.147. The van der Waals surface area contributed by atoms with Gasteiger partial charge in [-0.15, -0.1) is 0 Å². The minimum atomic E-state index is -2.06. The van der Waals surface area contributed by atoms with Gasteiger partial charge in [-0.2, -0.15) is 0 Å². The molecule has 1 fully saturated rings. The van der Waals surface area contributed by atoms with Crippen molar-refractivity contribution in [1.29, 1.82) is 0 Å². The second-order valence-corrected chi connectivity index (χ2v) is 16.1. The highest BCUT2D eigenvalue weighted by atomic mass is 28.4. The molecule has 0 amide bonds. The number of carbonyl (C=O) groups is 2. The van der Waals surface area contributed by atoms with Crippen LogP contribution in [0.2, 0.25) is 18.1 Å². The van der Waals surface area contributed by atoms with Crippen LogP contribution < -0.4 is 0 Å². The molecule has 0 aromatic heterocycles. The maximum absolute atomic E-state index is 13.3. The quantitative estimate of drug-likeness (QED) is 0.136. The minimum absolute atomic E-state index is 0.0349. The zero-order valence-corrected chi connectivity index (χ0v) is 23.5. The van der Waals surface area contributed by atoms with Crippen molar-refractivity contribution in [2.45, 2.75) is 97.1 Å². The lowest BCUT2D eigenvalue weighted by Gasteiger charge is -2.39. The molecule has 3 atom stereocenters. The number of halogens is 1. The number of allylic oxidation sites excluding steroid dienone is 2. The van der Waals surface area contributed by atoms with Crippen LogP contribution in [0.15, 0.2) is 42.5 Å². The SMILES string of the molecule is CC(C)OC(=O)CCCC=CC[C@H]1C(=O)C[C@@H](O[Si](C)(C)C(C)(C)C)[C@H]1C=Cc1ccc(F)cc1. The van der Waals surface area contributed by atoms with Crippen molar-refractivity contribution in [3.8, 4) is 0 Å². The fraction of sp³-hybridized carbons (Fsp3) is 0.586. The molecule has 0 heterocycles. The lowest BCUT2D eigenvalue weighted by atomic mass is 9.90. The summed E-state index contributed by atoms with van der Waals surface area (Å²) in [5.74, 6) is -0.391. The largest absolute Gasteiger partial charge is 0.463 e. The molecule has 0 unspecified atom stereocenters. The number of carbonyl (C=O) groups excluding carboxylic acids is 2. The van der Waals surface area contributed by atoms with Crippen LogP contribution in [-0.4, -0.2) is 32.3 Å². The molecule has 35 heavy (non-hydrogen) atoms. The number of rotatable bonds is 11. The van der Waals surface area contributed by atoms with Crippen molar-refractivity contribution in [3.05, 3.63) is 53.9 Å². The van der Waals surface area contributed by atoms with Gasteiger partial charge in [0.1, 0.15) is 11.6 Å². The highest BCUT2D eigenvalue weighted by Gasteiger charge is 2.46. The molecule has 4 nitrogen and oxygen atoms in total. The summed E-state index contributed by atoms with van der Waals surface area (Å²) in [6.45, 7) is 14.7. The molecule has 0 saturated heterocycles. The molecule has 0 bridgehead atoms. The second kappa shape index (κ2) is 12.8. The topological polar surface area (TPSA) is 52.6 Å². The summed E-state index contributed by atoms with van der Waals surface area (Å²) in [6, 6.07) is 6.37. The van der Waals surface area contributed by atoms with Crippen LogP contribution in [0.25, 0.3) is 6.08 Å². The van der Waals surface area contributed by atoms with Gasteiger partial charge in [-0.1, -0.05) is 57.2 Å². The highest BCUT2D eigenvalue weighted by molar-refractivity contribution is 6.74. The van der Waals surface area contributed by atoms with Crippen LogP contribution in [0.4, 0.5) is 4.39 Å². The molecule has 0 aliphatic heterocycles. The Morgan fingerprint density at radius 3 is 2.43 bits per heavy atom. The number of hydrogen-bond acceptors (Lipinski definition) is 4. The first-order valence-electron chi connectivity index (χ1n) is 12.8. The molecule has 194 valence electrons. The molecule has 1 saturated carbocycles. The van der Waals surface area contributed by atoms with Gasteiger partial charge in [0.05, 0.1) is 12.2 Å². The van der Waals surface area contributed by atoms with Gasteiger partial charge in [-0.05, 0) is 68.9 Å². The number of hydrogen-bond donors (Lipinski definition) is 0. The van der Waals surface area contributed by atoms with Crippen LogP contribution in [-0.2, 0) is 18.8 Å². The summed E-state index contributed by atoms with van der Waals surface area (Å²) >= 11 is 0. The van der Waals surface area contributed by atoms with Crippen LogP contribution in [0.5, 0.6) is 0 Å². The van der Waals surface area contributed by atoms with Crippen molar-refractivity contribution in [2.75, 3.05) is 0 Å². The number of ketones is 1.